The average Bonchev–Trinajstić information content (AvgIpc) is 2.68. The molecule has 1 aliphatic carbocycles. The molecule has 1 spiro atoms. The van der Waals surface area contributed by atoms with Crippen molar-refractivity contribution in [3.63, 3.8) is 0 Å². The van der Waals surface area contributed by atoms with E-state index in [-0.39, 0.29) is 11.6 Å². The standard InChI is InChI=1S/C21H29N5OS/c1-14(22)23-19(28)15-6-8-16(9-7-15)26-12-10-21(11-13-26)17-4-2-3-5-18(17)24-20(27)25-21/h2-5,15-16H,6-13H2,1H3,(H2,22,23,28)(H2,24,25,27). The second-order valence-corrected chi connectivity index (χ2v) is 8.76. The van der Waals surface area contributed by atoms with Gasteiger partial charge < -0.3 is 21.3 Å². The number of thiocarbonyl (C=S) groups is 1. The van der Waals surface area contributed by atoms with Gasteiger partial charge in [0.15, 0.2) is 0 Å². The number of carbonyl (C=O) groups excluding carboxylic acids is 1. The Morgan fingerprint density at radius 2 is 1.89 bits per heavy atom. The summed E-state index contributed by atoms with van der Waals surface area (Å²) in [5, 5.41) is 6.17. The number of aliphatic imine (C=N–C) groups is 1. The summed E-state index contributed by atoms with van der Waals surface area (Å²) in [6, 6.07) is 8.69. The summed E-state index contributed by atoms with van der Waals surface area (Å²) < 4.78 is 0. The Balaban J connectivity index is 1.37. The zero-order chi connectivity index (χ0) is 19.7. The number of hydrogen-bond donors (Lipinski definition) is 3. The number of para-hydroxylation sites is 1. The molecule has 28 heavy (non-hydrogen) atoms. The molecule has 4 N–H and O–H groups in total. The SMILES string of the molecule is CC(N)=NC(=S)C1CCC(N2CCC3(CC2)NC(=O)Nc2ccccc23)CC1. The summed E-state index contributed by atoms with van der Waals surface area (Å²) >= 11 is 5.45. The van der Waals surface area contributed by atoms with E-state index >= 15 is 0 Å². The first-order valence-corrected chi connectivity index (χ1v) is 10.6. The van der Waals surface area contributed by atoms with Crippen molar-refractivity contribution >= 4 is 34.8 Å². The highest BCUT2D eigenvalue weighted by Gasteiger charge is 2.43. The maximum Gasteiger partial charge on any atom is 0.319 e. The van der Waals surface area contributed by atoms with E-state index in [2.05, 4.69) is 32.7 Å². The minimum atomic E-state index is -0.235. The molecular weight excluding hydrogens is 370 g/mol. The Kier molecular flexibility index (Phi) is 5.38. The van der Waals surface area contributed by atoms with Crippen LogP contribution in [0, 0.1) is 5.92 Å². The van der Waals surface area contributed by atoms with Crippen molar-refractivity contribution in [2.24, 2.45) is 16.6 Å². The van der Waals surface area contributed by atoms with Gasteiger partial charge in [-0.2, -0.15) is 0 Å². The lowest BCUT2D eigenvalue weighted by atomic mass is 9.77. The third-order valence-corrected chi connectivity index (χ3v) is 6.97. The highest BCUT2D eigenvalue weighted by atomic mass is 32.1. The topological polar surface area (TPSA) is 82.8 Å². The van der Waals surface area contributed by atoms with Crippen LogP contribution in [0.5, 0.6) is 0 Å². The first-order valence-electron chi connectivity index (χ1n) is 10.2. The quantitative estimate of drug-likeness (QED) is 0.404. The predicted molar refractivity (Wildman–Crippen MR) is 117 cm³/mol. The summed E-state index contributed by atoms with van der Waals surface area (Å²) in [7, 11) is 0. The van der Waals surface area contributed by atoms with Crippen molar-refractivity contribution in [2.75, 3.05) is 18.4 Å². The number of benzene rings is 1. The molecule has 4 rings (SSSR count). The van der Waals surface area contributed by atoms with E-state index in [9.17, 15) is 4.79 Å². The molecule has 3 aliphatic rings. The van der Waals surface area contributed by atoms with Crippen molar-refractivity contribution in [1.29, 1.82) is 0 Å². The molecule has 0 bridgehead atoms. The molecule has 1 aromatic carbocycles. The molecule has 0 aromatic heterocycles. The third kappa shape index (κ3) is 3.78. The Labute approximate surface area is 172 Å². The lowest BCUT2D eigenvalue weighted by Crippen LogP contribution is -2.58. The Hall–Kier alpha value is -1.99. The molecule has 0 atom stereocenters. The molecule has 2 fully saturated rings. The van der Waals surface area contributed by atoms with E-state index in [0.29, 0.717) is 17.8 Å². The predicted octanol–water partition coefficient (Wildman–Crippen LogP) is 3.38. The van der Waals surface area contributed by atoms with Gasteiger partial charge in [0.25, 0.3) is 0 Å². The molecule has 2 aliphatic heterocycles. The van der Waals surface area contributed by atoms with Gasteiger partial charge in [-0.15, -0.1) is 0 Å². The van der Waals surface area contributed by atoms with Gasteiger partial charge in [0.2, 0.25) is 0 Å². The van der Waals surface area contributed by atoms with Crippen LogP contribution >= 0.6 is 12.2 Å². The van der Waals surface area contributed by atoms with Gasteiger partial charge in [0, 0.05) is 36.3 Å². The minimum Gasteiger partial charge on any atom is -0.387 e. The van der Waals surface area contributed by atoms with E-state index < -0.39 is 0 Å². The Morgan fingerprint density at radius 1 is 1.21 bits per heavy atom. The second kappa shape index (κ2) is 7.79. The second-order valence-electron chi connectivity index (χ2n) is 8.34. The lowest BCUT2D eigenvalue weighted by Gasteiger charge is -2.48. The Morgan fingerprint density at radius 3 is 2.57 bits per heavy atom. The number of likely N-dealkylation sites (tertiary alicyclic amines) is 1. The van der Waals surface area contributed by atoms with Gasteiger partial charge in [-0.3, -0.25) is 0 Å². The molecule has 0 unspecified atom stereocenters. The molecule has 2 amide bonds. The molecule has 6 nitrogen and oxygen atoms in total. The van der Waals surface area contributed by atoms with Crippen molar-refractivity contribution in [2.45, 2.75) is 57.0 Å². The zero-order valence-electron chi connectivity index (χ0n) is 16.4. The third-order valence-electron chi connectivity index (χ3n) is 6.54. The number of anilines is 1. The van der Waals surface area contributed by atoms with E-state index in [1.165, 1.54) is 5.56 Å². The van der Waals surface area contributed by atoms with E-state index in [1.54, 1.807) is 6.92 Å². The largest absolute Gasteiger partial charge is 0.387 e. The number of rotatable bonds is 2. The van der Waals surface area contributed by atoms with Crippen LogP contribution in [-0.2, 0) is 5.54 Å². The van der Waals surface area contributed by atoms with Gasteiger partial charge in [-0.05, 0) is 51.5 Å². The number of fused-ring (bicyclic) bond motifs is 2. The highest BCUT2D eigenvalue weighted by Crippen LogP contribution is 2.41. The number of hydrogen-bond acceptors (Lipinski definition) is 3. The summed E-state index contributed by atoms with van der Waals surface area (Å²) in [6.07, 6.45) is 6.39. The van der Waals surface area contributed by atoms with E-state index in [0.717, 1.165) is 62.3 Å². The summed E-state index contributed by atoms with van der Waals surface area (Å²) in [4.78, 5) is 19.9. The van der Waals surface area contributed by atoms with E-state index in [1.807, 2.05) is 12.1 Å². The molecule has 7 heteroatoms. The molecule has 150 valence electrons. The summed E-state index contributed by atoms with van der Waals surface area (Å²) in [5.41, 5.74) is 7.61. The first kappa shape index (κ1) is 19.3. The van der Waals surface area contributed by atoms with Gasteiger partial charge in [0.05, 0.1) is 11.4 Å². The minimum absolute atomic E-state index is 0.0862. The maximum absolute atomic E-state index is 12.2. The monoisotopic (exact) mass is 399 g/mol. The molecule has 2 heterocycles. The molecule has 1 saturated carbocycles. The van der Waals surface area contributed by atoms with Gasteiger partial charge in [-0.1, -0.05) is 30.4 Å². The summed E-state index contributed by atoms with van der Waals surface area (Å²) in [5.74, 6) is 0.939. The fourth-order valence-corrected chi connectivity index (χ4v) is 5.45. The zero-order valence-corrected chi connectivity index (χ0v) is 17.2. The van der Waals surface area contributed by atoms with Crippen molar-refractivity contribution in [1.82, 2.24) is 10.2 Å². The Bertz CT molecular complexity index is 788. The number of nitrogens with zero attached hydrogens (tertiary/aromatic N) is 2. The number of amides is 2. The number of urea groups is 1. The number of piperidine rings is 1. The van der Waals surface area contributed by atoms with Gasteiger partial charge >= 0.3 is 6.03 Å². The fraction of sp³-hybridized carbons (Fsp3) is 0.571. The first-order chi connectivity index (χ1) is 13.5. The van der Waals surface area contributed by atoms with Gasteiger partial charge in [0.1, 0.15) is 4.99 Å². The maximum atomic E-state index is 12.2. The van der Waals surface area contributed by atoms with E-state index in [4.69, 9.17) is 18.0 Å². The van der Waals surface area contributed by atoms with Crippen LogP contribution in [0.3, 0.4) is 0 Å². The number of nitrogens with two attached hydrogens (primary N) is 1. The average molecular weight is 400 g/mol. The van der Waals surface area contributed by atoms with Crippen LogP contribution in [-0.4, -0.2) is 40.9 Å². The van der Waals surface area contributed by atoms with Crippen LogP contribution in [0.25, 0.3) is 0 Å². The van der Waals surface area contributed by atoms with Crippen molar-refractivity contribution in [3.05, 3.63) is 29.8 Å². The molecule has 0 radical (unpaired) electrons. The lowest BCUT2D eigenvalue weighted by molar-refractivity contribution is 0.0788. The normalized spacial score (nSPS) is 27.6. The van der Waals surface area contributed by atoms with Crippen LogP contribution in [0.4, 0.5) is 10.5 Å². The molecule has 1 aromatic rings. The van der Waals surface area contributed by atoms with Crippen molar-refractivity contribution in [3.8, 4) is 0 Å². The fourth-order valence-electron chi connectivity index (χ4n) is 5.07. The van der Waals surface area contributed by atoms with Crippen molar-refractivity contribution < 1.29 is 4.79 Å². The number of carbonyl (C=O) groups is 1. The number of nitrogens with one attached hydrogen (secondary N) is 2. The number of amidine groups is 1. The van der Waals surface area contributed by atoms with Crippen LogP contribution in [0.15, 0.2) is 29.3 Å². The molecular formula is C21H29N5OS. The van der Waals surface area contributed by atoms with Crippen LogP contribution < -0.4 is 16.4 Å². The summed E-state index contributed by atoms with van der Waals surface area (Å²) in [6.45, 7) is 3.81. The van der Waals surface area contributed by atoms with Crippen LogP contribution in [0.1, 0.15) is 51.0 Å². The highest BCUT2D eigenvalue weighted by molar-refractivity contribution is 7.80. The smallest absolute Gasteiger partial charge is 0.319 e. The van der Waals surface area contributed by atoms with Gasteiger partial charge in [-0.25, -0.2) is 9.79 Å². The van der Waals surface area contributed by atoms with Crippen LogP contribution in [0.2, 0.25) is 0 Å². The molecule has 1 saturated heterocycles.